The van der Waals surface area contributed by atoms with E-state index in [2.05, 4.69) is 24.6 Å². The van der Waals surface area contributed by atoms with E-state index in [-0.39, 0.29) is 0 Å². The first-order valence-electron chi connectivity index (χ1n) is 4.34. The first kappa shape index (κ1) is 7.70. The average Bonchev–Trinajstić information content (AvgIpc) is 1.89. The molecule has 0 nitrogen and oxygen atoms in total. The van der Waals surface area contributed by atoms with Gasteiger partial charge in [0.15, 0.2) is 0 Å². The maximum atomic E-state index is 2.41. The first-order chi connectivity index (χ1) is 4.34. The molecule has 2 atom stereocenters. The molecule has 1 saturated carbocycles. The van der Waals surface area contributed by atoms with Gasteiger partial charge in [0.25, 0.3) is 0 Å². The average molecular weight is 118 g/mol. The summed E-state index contributed by atoms with van der Waals surface area (Å²) in [5, 5.41) is 0. The monoisotopic (exact) mass is 118 g/mol. The van der Waals surface area contributed by atoms with Crippen LogP contribution in [0.15, 0.2) is 0 Å². The quantitative estimate of drug-likeness (QED) is 0.464. The fourth-order valence-corrected chi connectivity index (χ4v) is 2.00. The van der Waals surface area contributed by atoms with Crippen LogP contribution in [0.5, 0.6) is 0 Å². The van der Waals surface area contributed by atoms with Crippen molar-refractivity contribution in [2.75, 3.05) is 0 Å². The van der Waals surface area contributed by atoms with Crippen molar-refractivity contribution in [3.8, 4) is 0 Å². The first-order valence-corrected chi connectivity index (χ1v) is 4.34. The number of hydrogen-bond acceptors (Lipinski definition) is 0. The zero-order chi connectivity index (χ0) is 6.69. The van der Waals surface area contributed by atoms with Gasteiger partial charge in [0, 0.05) is 0 Å². The molecule has 0 aromatic heterocycles. The summed E-state index contributed by atoms with van der Waals surface area (Å²) in [5.41, 5.74) is 0. The van der Waals surface area contributed by atoms with Crippen LogP contribution in [-0.2, 0) is 0 Å². The molecular weight excluding hydrogens is 103 g/mol. The van der Waals surface area contributed by atoms with Crippen LogP contribution in [0.25, 0.3) is 0 Å². The van der Waals surface area contributed by atoms with Crippen LogP contribution < -0.4 is 0 Å². The molecule has 48 valence electrons. The molecule has 2 unspecified atom stereocenters. The summed E-state index contributed by atoms with van der Waals surface area (Å²) in [5.74, 6) is 1.05. The fraction of sp³-hybridized carbons (Fsp3) is 1.00. The molecule has 9 heavy (non-hydrogen) atoms. The van der Waals surface area contributed by atoms with Crippen LogP contribution >= 0.6 is 0 Å². The summed E-state index contributed by atoms with van der Waals surface area (Å²) < 4.78 is 1.02. The van der Waals surface area contributed by atoms with Crippen molar-refractivity contribution >= 4 is 17.7 Å². The zero-order valence-electron chi connectivity index (χ0n) is 6.69. The molecule has 0 aromatic carbocycles. The molecule has 1 rings (SSSR count). The minimum absolute atomic E-state index is 1.02. The van der Waals surface area contributed by atoms with Gasteiger partial charge in [0.1, 0.15) is 0 Å². The van der Waals surface area contributed by atoms with E-state index >= 15 is 0 Å². The van der Waals surface area contributed by atoms with E-state index in [1.165, 1.54) is 32.1 Å². The van der Waals surface area contributed by atoms with Gasteiger partial charge in [-0.05, 0) is 0 Å². The Balaban J connectivity index is 2.30. The molecule has 0 heterocycles. The third-order valence-corrected chi connectivity index (χ3v) is 2.81. The van der Waals surface area contributed by atoms with Gasteiger partial charge >= 0.3 is 67.3 Å². The Kier molecular flexibility index (Phi) is 3.16. The van der Waals surface area contributed by atoms with Crippen LogP contribution in [0.1, 0.15) is 39.0 Å². The number of rotatable bonds is 1. The molecule has 0 aromatic rings. The summed E-state index contributed by atoms with van der Waals surface area (Å²) in [6, 6.07) is 0. The summed E-state index contributed by atoms with van der Waals surface area (Å²) in [7, 11) is 0. The summed E-state index contributed by atoms with van der Waals surface area (Å²) in [6.45, 7) is 2.33. The van der Waals surface area contributed by atoms with Crippen molar-refractivity contribution in [3.63, 3.8) is 0 Å². The molecule has 0 spiro atoms. The molecule has 1 aliphatic rings. The van der Waals surface area contributed by atoms with E-state index in [1.54, 1.807) is 0 Å². The molecule has 0 radical (unpaired) electrons. The molecule has 1 heteroatoms. The number of hydrogen-bond donors (Lipinski definition) is 0. The van der Waals surface area contributed by atoms with Crippen molar-refractivity contribution in [1.29, 1.82) is 0 Å². The fourth-order valence-electron chi connectivity index (χ4n) is 2.00. The van der Waals surface area contributed by atoms with Crippen molar-refractivity contribution in [1.82, 2.24) is 0 Å². The Hall–Kier alpha value is 0.597. The van der Waals surface area contributed by atoms with E-state index in [9.17, 15) is 0 Å². The molecule has 0 amide bonds. The van der Waals surface area contributed by atoms with Crippen molar-refractivity contribution in [2.45, 2.75) is 43.6 Å². The van der Waals surface area contributed by atoms with E-state index in [0.717, 1.165) is 10.5 Å². The summed E-state index contributed by atoms with van der Waals surface area (Å²) in [6.07, 6.45) is 7.36. The molecule has 1 fully saturated rings. The minimum atomic E-state index is 1.02. The Morgan fingerprint density at radius 2 is 2.00 bits per heavy atom. The van der Waals surface area contributed by atoms with Gasteiger partial charge in [-0.15, -0.1) is 0 Å². The van der Waals surface area contributed by atoms with Crippen LogP contribution in [0, 0.1) is 5.92 Å². The second-order valence-electron chi connectivity index (χ2n) is 3.43. The summed E-state index contributed by atoms with van der Waals surface area (Å²) in [4.78, 5) is 0. The second kappa shape index (κ2) is 3.69. The standard InChI is InChI=1S/C8H15.Li/c1-2-8-6-4-3-5-7-8;/h6,8H,2-5,7H2,1H3;. The predicted octanol–water partition coefficient (Wildman–Crippen LogP) is 2.54. The van der Waals surface area contributed by atoms with Crippen molar-refractivity contribution in [3.05, 3.63) is 0 Å². The van der Waals surface area contributed by atoms with Crippen molar-refractivity contribution in [2.24, 2.45) is 5.92 Å². The third kappa shape index (κ3) is 2.02. The Labute approximate surface area is 67.6 Å². The molecular formula is C8H15Li. The van der Waals surface area contributed by atoms with Gasteiger partial charge in [-0.2, -0.15) is 0 Å². The summed E-state index contributed by atoms with van der Waals surface area (Å²) >= 11 is 2.41. The molecule has 1 aliphatic carbocycles. The Bertz CT molecular complexity index is 80.6. The SMILES string of the molecule is [Li][CH]1CCCCC1CC. The van der Waals surface area contributed by atoms with Gasteiger partial charge in [0.05, 0.1) is 0 Å². The van der Waals surface area contributed by atoms with Crippen molar-refractivity contribution < 1.29 is 0 Å². The van der Waals surface area contributed by atoms with Gasteiger partial charge in [-0.3, -0.25) is 0 Å². The molecule has 0 aliphatic heterocycles. The molecule has 0 saturated heterocycles. The van der Waals surface area contributed by atoms with Crippen LogP contribution in [0.2, 0.25) is 4.59 Å². The van der Waals surface area contributed by atoms with Gasteiger partial charge < -0.3 is 0 Å². The molecule has 0 bridgehead atoms. The van der Waals surface area contributed by atoms with Crippen LogP contribution in [0.3, 0.4) is 0 Å². The topological polar surface area (TPSA) is 0 Å². The third-order valence-electron chi connectivity index (χ3n) is 2.81. The van der Waals surface area contributed by atoms with Gasteiger partial charge in [0.2, 0.25) is 0 Å². The van der Waals surface area contributed by atoms with E-state index in [0.29, 0.717) is 0 Å². The van der Waals surface area contributed by atoms with E-state index < -0.39 is 0 Å². The normalized spacial score (nSPS) is 36.8. The Morgan fingerprint density at radius 1 is 1.33 bits per heavy atom. The van der Waals surface area contributed by atoms with E-state index in [4.69, 9.17) is 0 Å². The van der Waals surface area contributed by atoms with Crippen LogP contribution in [-0.4, -0.2) is 17.7 Å². The van der Waals surface area contributed by atoms with Gasteiger partial charge in [-0.25, -0.2) is 0 Å². The second-order valence-corrected chi connectivity index (χ2v) is 3.43. The van der Waals surface area contributed by atoms with E-state index in [1.807, 2.05) is 0 Å². The van der Waals surface area contributed by atoms with Crippen LogP contribution in [0.4, 0.5) is 0 Å². The Morgan fingerprint density at radius 3 is 2.44 bits per heavy atom. The van der Waals surface area contributed by atoms with Gasteiger partial charge in [-0.1, -0.05) is 0 Å². The molecule has 0 N–H and O–H groups in total. The predicted molar refractivity (Wildman–Crippen MR) is 41.8 cm³/mol. The zero-order valence-corrected chi connectivity index (χ0v) is 6.69. The maximum absolute atomic E-state index is 2.41.